The maximum atomic E-state index is 12.3. The summed E-state index contributed by atoms with van der Waals surface area (Å²) in [5.41, 5.74) is 3.36. The van der Waals surface area contributed by atoms with Gasteiger partial charge in [0, 0.05) is 11.3 Å². The lowest BCUT2D eigenvalue weighted by molar-refractivity contribution is -0.136. The van der Waals surface area contributed by atoms with Crippen molar-refractivity contribution in [2.45, 2.75) is 12.5 Å². The molecule has 0 aliphatic rings. The van der Waals surface area contributed by atoms with E-state index >= 15 is 0 Å². The first-order valence-electron chi connectivity index (χ1n) is 9.85. The number of carbonyl (C=O) groups is 2. The van der Waals surface area contributed by atoms with Crippen molar-refractivity contribution in [2.75, 3.05) is 11.9 Å². The van der Waals surface area contributed by atoms with Crippen LogP contribution in [0.3, 0.4) is 0 Å². The first-order valence-corrected chi connectivity index (χ1v) is 10.7. The summed E-state index contributed by atoms with van der Waals surface area (Å²) in [4.78, 5) is 29.1. The number of rotatable bonds is 6. The minimum absolute atomic E-state index is 0.259. The van der Waals surface area contributed by atoms with Gasteiger partial charge in [-0.25, -0.2) is 4.98 Å². The van der Waals surface area contributed by atoms with E-state index in [0.29, 0.717) is 12.1 Å². The molecule has 7 heteroatoms. The second kappa shape index (κ2) is 9.51. The van der Waals surface area contributed by atoms with E-state index < -0.39 is 17.9 Å². The fraction of sp³-hybridized carbons (Fsp3) is 0.125. The Balaban J connectivity index is 1.36. The van der Waals surface area contributed by atoms with Crippen molar-refractivity contribution in [3.05, 3.63) is 84.4 Å². The molecular weight excluding hydrogens is 410 g/mol. The number of anilines is 1. The van der Waals surface area contributed by atoms with E-state index in [1.54, 1.807) is 23.5 Å². The molecule has 1 heterocycles. The van der Waals surface area contributed by atoms with Crippen LogP contribution in [0.1, 0.15) is 5.56 Å². The van der Waals surface area contributed by atoms with Crippen molar-refractivity contribution in [3.8, 4) is 10.6 Å². The van der Waals surface area contributed by atoms with Gasteiger partial charge in [0.15, 0.2) is 0 Å². The fourth-order valence-electron chi connectivity index (χ4n) is 3.19. The SMILES string of the molecule is O=C(Nc1ccc(-c2nc3ccccc3s2)cc1)C(=O)NC(CO)Cc1ccccc1. The second-order valence-corrected chi connectivity index (χ2v) is 8.09. The number of nitrogens with one attached hydrogen (secondary N) is 2. The number of hydrogen-bond donors (Lipinski definition) is 3. The molecule has 2 amide bonds. The summed E-state index contributed by atoms with van der Waals surface area (Å²) in [5, 5.41) is 15.6. The van der Waals surface area contributed by atoms with E-state index in [-0.39, 0.29) is 6.61 Å². The van der Waals surface area contributed by atoms with E-state index in [4.69, 9.17) is 0 Å². The summed E-state index contributed by atoms with van der Waals surface area (Å²) in [7, 11) is 0. The lowest BCUT2D eigenvalue weighted by atomic mass is 10.1. The number of amides is 2. The highest BCUT2D eigenvalue weighted by atomic mass is 32.1. The molecule has 0 radical (unpaired) electrons. The van der Waals surface area contributed by atoms with Gasteiger partial charge in [-0.15, -0.1) is 11.3 Å². The number of aliphatic hydroxyl groups excluding tert-OH is 1. The van der Waals surface area contributed by atoms with E-state index in [1.165, 1.54) is 0 Å². The molecule has 3 N–H and O–H groups in total. The van der Waals surface area contributed by atoms with Crippen LogP contribution in [0.4, 0.5) is 5.69 Å². The molecule has 0 spiro atoms. The normalized spacial score (nSPS) is 11.8. The van der Waals surface area contributed by atoms with Crippen LogP contribution in [0.15, 0.2) is 78.9 Å². The highest BCUT2D eigenvalue weighted by Crippen LogP contribution is 2.30. The number of aliphatic hydroxyl groups is 1. The van der Waals surface area contributed by atoms with Gasteiger partial charge in [-0.1, -0.05) is 42.5 Å². The molecule has 1 unspecified atom stereocenters. The third-order valence-electron chi connectivity index (χ3n) is 4.77. The number of carbonyl (C=O) groups excluding carboxylic acids is 2. The van der Waals surface area contributed by atoms with E-state index in [0.717, 1.165) is 26.4 Å². The average Bonchev–Trinajstić information content (AvgIpc) is 3.24. The Morgan fingerprint density at radius 3 is 2.32 bits per heavy atom. The molecule has 1 atom stereocenters. The third-order valence-corrected chi connectivity index (χ3v) is 5.86. The molecule has 4 rings (SSSR count). The van der Waals surface area contributed by atoms with E-state index in [1.807, 2.05) is 66.7 Å². The molecule has 3 aromatic carbocycles. The standard InChI is InChI=1S/C24H21N3O3S/c28-15-19(14-16-6-2-1-3-7-16)26-23(30)22(29)25-18-12-10-17(11-13-18)24-27-20-8-4-5-9-21(20)31-24/h1-13,19,28H,14-15H2,(H,25,29)(H,26,30). The summed E-state index contributed by atoms with van der Waals surface area (Å²) in [6.45, 7) is -0.259. The largest absolute Gasteiger partial charge is 0.394 e. The van der Waals surface area contributed by atoms with Crippen molar-refractivity contribution in [1.29, 1.82) is 0 Å². The molecule has 0 aliphatic carbocycles. The van der Waals surface area contributed by atoms with Crippen LogP contribution < -0.4 is 10.6 Å². The Bertz CT molecular complexity index is 1160. The minimum Gasteiger partial charge on any atom is -0.394 e. The third kappa shape index (κ3) is 5.14. The van der Waals surface area contributed by atoms with Crippen LogP contribution >= 0.6 is 11.3 Å². The Kier molecular flexibility index (Phi) is 6.35. The topological polar surface area (TPSA) is 91.3 Å². The quantitative estimate of drug-likeness (QED) is 0.407. The summed E-state index contributed by atoms with van der Waals surface area (Å²) in [5.74, 6) is -1.57. The molecule has 0 fully saturated rings. The maximum absolute atomic E-state index is 12.3. The number of benzene rings is 3. The lowest BCUT2D eigenvalue weighted by Gasteiger charge is -2.16. The Hall–Kier alpha value is -3.55. The molecule has 156 valence electrons. The van der Waals surface area contributed by atoms with Gasteiger partial charge in [-0.3, -0.25) is 9.59 Å². The van der Waals surface area contributed by atoms with Crippen LogP contribution in [0, 0.1) is 0 Å². The predicted octanol–water partition coefficient (Wildman–Crippen LogP) is 3.62. The zero-order valence-corrected chi connectivity index (χ0v) is 17.4. The number of thiazole rings is 1. The molecule has 31 heavy (non-hydrogen) atoms. The average molecular weight is 432 g/mol. The van der Waals surface area contributed by atoms with Gasteiger partial charge in [-0.05, 0) is 48.4 Å². The van der Waals surface area contributed by atoms with Crippen LogP contribution in [0.25, 0.3) is 20.8 Å². The summed E-state index contributed by atoms with van der Waals surface area (Å²) in [6, 6.07) is 24.1. The fourth-order valence-corrected chi connectivity index (χ4v) is 4.16. The van der Waals surface area contributed by atoms with Crippen LogP contribution in [0.5, 0.6) is 0 Å². The highest BCUT2D eigenvalue weighted by molar-refractivity contribution is 7.21. The van der Waals surface area contributed by atoms with Gasteiger partial charge in [0.05, 0.1) is 22.9 Å². The Labute approximate surface area is 183 Å². The number of nitrogens with zero attached hydrogens (tertiary/aromatic N) is 1. The van der Waals surface area contributed by atoms with Gasteiger partial charge in [0.25, 0.3) is 0 Å². The first kappa shape index (κ1) is 20.7. The van der Waals surface area contributed by atoms with Crippen molar-refractivity contribution in [2.24, 2.45) is 0 Å². The Morgan fingerprint density at radius 2 is 1.61 bits per heavy atom. The zero-order chi connectivity index (χ0) is 21.6. The van der Waals surface area contributed by atoms with Crippen molar-refractivity contribution in [3.63, 3.8) is 0 Å². The molecule has 6 nitrogen and oxygen atoms in total. The number of aromatic nitrogens is 1. The Morgan fingerprint density at radius 1 is 0.903 bits per heavy atom. The second-order valence-electron chi connectivity index (χ2n) is 7.06. The number of para-hydroxylation sites is 1. The molecule has 4 aromatic rings. The number of hydrogen-bond acceptors (Lipinski definition) is 5. The monoisotopic (exact) mass is 431 g/mol. The predicted molar refractivity (Wildman–Crippen MR) is 123 cm³/mol. The van der Waals surface area contributed by atoms with Gasteiger partial charge < -0.3 is 15.7 Å². The first-order chi connectivity index (χ1) is 15.1. The smallest absolute Gasteiger partial charge is 0.313 e. The van der Waals surface area contributed by atoms with E-state index in [2.05, 4.69) is 15.6 Å². The van der Waals surface area contributed by atoms with Gasteiger partial charge >= 0.3 is 11.8 Å². The molecule has 0 bridgehead atoms. The summed E-state index contributed by atoms with van der Waals surface area (Å²) >= 11 is 1.60. The zero-order valence-electron chi connectivity index (χ0n) is 16.6. The lowest BCUT2D eigenvalue weighted by Crippen LogP contribution is -2.44. The molecule has 0 aliphatic heterocycles. The van der Waals surface area contributed by atoms with Crippen molar-refractivity contribution < 1.29 is 14.7 Å². The molecule has 0 saturated heterocycles. The van der Waals surface area contributed by atoms with Crippen molar-refractivity contribution in [1.82, 2.24) is 10.3 Å². The summed E-state index contributed by atoms with van der Waals surface area (Å²) < 4.78 is 1.11. The van der Waals surface area contributed by atoms with Gasteiger partial charge in [0.2, 0.25) is 0 Å². The van der Waals surface area contributed by atoms with E-state index in [9.17, 15) is 14.7 Å². The van der Waals surface area contributed by atoms with Crippen LogP contribution in [0.2, 0.25) is 0 Å². The van der Waals surface area contributed by atoms with Crippen LogP contribution in [-0.2, 0) is 16.0 Å². The molecule has 1 aromatic heterocycles. The maximum Gasteiger partial charge on any atom is 0.313 e. The summed E-state index contributed by atoms with van der Waals surface area (Å²) in [6.07, 6.45) is 0.438. The highest BCUT2D eigenvalue weighted by Gasteiger charge is 2.19. The molecule has 0 saturated carbocycles. The van der Waals surface area contributed by atoms with Gasteiger partial charge in [0.1, 0.15) is 5.01 Å². The van der Waals surface area contributed by atoms with Crippen molar-refractivity contribution >= 4 is 39.1 Å². The van der Waals surface area contributed by atoms with Crippen LogP contribution in [-0.4, -0.2) is 34.6 Å². The minimum atomic E-state index is -0.787. The van der Waals surface area contributed by atoms with Gasteiger partial charge in [-0.2, -0.15) is 0 Å². The molecular formula is C24H21N3O3S. The number of fused-ring (bicyclic) bond motifs is 1.